The quantitative estimate of drug-likeness (QED) is 0.386. The SMILES string of the molecule is CSC(=Nc1ccccc1NC(=O)CC(C)C)NC#N. The summed E-state index contributed by atoms with van der Waals surface area (Å²) in [7, 11) is 0. The predicted octanol–water partition coefficient (Wildman–Crippen LogP) is 3.09. The van der Waals surface area contributed by atoms with Gasteiger partial charge in [0.25, 0.3) is 0 Å². The highest BCUT2D eigenvalue weighted by Gasteiger charge is 2.08. The number of aliphatic imine (C=N–C) groups is 1. The lowest BCUT2D eigenvalue weighted by atomic mass is 10.1. The van der Waals surface area contributed by atoms with E-state index in [9.17, 15) is 4.79 Å². The number of hydrogen-bond acceptors (Lipinski definition) is 4. The maximum Gasteiger partial charge on any atom is 0.224 e. The molecule has 1 amide bonds. The Morgan fingerprint density at radius 2 is 2.15 bits per heavy atom. The van der Waals surface area contributed by atoms with Crippen LogP contribution >= 0.6 is 11.8 Å². The van der Waals surface area contributed by atoms with E-state index in [2.05, 4.69) is 15.6 Å². The summed E-state index contributed by atoms with van der Waals surface area (Å²) in [5.41, 5.74) is 1.26. The smallest absolute Gasteiger partial charge is 0.224 e. The number of benzene rings is 1. The van der Waals surface area contributed by atoms with Crippen LogP contribution in [0.4, 0.5) is 11.4 Å². The lowest BCUT2D eigenvalue weighted by Gasteiger charge is -2.10. The molecule has 6 heteroatoms. The van der Waals surface area contributed by atoms with Crippen LogP contribution in [0.1, 0.15) is 20.3 Å². The van der Waals surface area contributed by atoms with Gasteiger partial charge in [-0.2, -0.15) is 5.26 Å². The highest BCUT2D eigenvalue weighted by atomic mass is 32.2. The van der Waals surface area contributed by atoms with Gasteiger partial charge in [-0.25, -0.2) is 4.99 Å². The molecule has 0 aliphatic heterocycles. The Morgan fingerprint density at radius 1 is 1.45 bits per heavy atom. The summed E-state index contributed by atoms with van der Waals surface area (Å²) >= 11 is 1.33. The number of anilines is 1. The lowest BCUT2D eigenvalue weighted by molar-refractivity contribution is -0.116. The molecule has 0 spiro atoms. The van der Waals surface area contributed by atoms with Crippen molar-refractivity contribution in [3.63, 3.8) is 0 Å². The van der Waals surface area contributed by atoms with E-state index in [1.54, 1.807) is 12.1 Å². The van der Waals surface area contributed by atoms with Crippen molar-refractivity contribution in [3.8, 4) is 6.19 Å². The van der Waals surface area contributed by atoms with Gasteiger partial charge in [-0.05, 0) is 24.3 Å². The fourth-order valence-corrected chi connectivity index (χ4v) is 1.87. The van der Waals surface area contributed by atoms with Crippen LogP contribution in [0, 0.1) is 17.4 Å². The van der Waals surface area contributed by atoms with Gasteiger partial charge in [0, 0.05) is 6.42 Å². The van der Waals surface area contributed by atoms with Crippen LogP contribution in [0.5, 0.6) is 0 Å². The molecular formula is C14H18N4OS. The Bertz CT molecular complexity index is 534. The van der Waals surface area contributed by atoms with E-state index >= 15 is 0 Å². The molecule has 0 atom stereocenters. The molecule has 5 nitrogen and oxygen atoms in total. The van der Waals surface area contributed by atoms with Crippen LogP contribution in [0.2, 0.25) is 0 Å². The average molecular weight is 290 g/mol. The van der Waals surface area contributed by atoms with Crippen LogP contribution in [0.25, 0.3) is 0 Å². The fraction of sp³-hybridized carbons (Fsp3) is 0.357. The minimum absolute atomic E-state index is 0.0402. The maximum absolute atomic E-state index is 11.8. The summed E-state index contributed by atoms with van der Waals surface area (Å²) in [5.74, 6) is 0.259. The Labute approximate surface area is 123 Å². The lowest BCUT2D eigenvalue weighted by Crippen LogP contribution is -2.15. The average Bonchev–Trinajstić information content (AvgIpc) is 2.39. The maximum atomic E-state index is 11.8. The monoisotopic (exact) mass is 290 g/mol. The summed E-state index contributed by atoms with van der Waals surface area (Å²) in [4.78, 5) is 16.2. The number of amides is 1. The number of carbonyl (C=O) groups is 1. The minimum Gasteiger partial charge on any atom is -0.324 e. The van der Waals surface area contributed by atoms with E-state index < -0.39 is 0 Å². The van der Waals surface area contributed by atoms with Crippen molar-refractivity contribution in [2.45, 2.75) is 20.3 Å². The van der Waals surface area contributed by atoms with Crippen LogP contribution in [-0.4, -0.2) is 17.3 Å². The summed E-state index contributed by atoms with van der Waals surface area (Å²) in [6.45, 7) is 3.98. The molecule has 0 bridgehead atoms. The largest absolute Gasteiger partial charge is 0.324 e. The molecule has 0 heterocycles. The zero-order chi connectivity index (χ0) is 15.0. The normalized spacial score (nSPS) is 11.1. The summed E-state index contributed by atoms with van der Waals surface area (Å²) in [6.07, 6.45) is 4.12. The molecule has 0 saturated heterocycles. The van der Waals surface area contributed by atoms with E-state index in [0.29, 0.717) is 28.9 Å². The van der Waals surface area contributed by atoms with Crippen molar-refractivity contribution in [1.82, 2.24) is 5.32 Å². The van der Waals surface area contributed by atoms with E-state index in [0.717, 1.165) is 0 Å². The third-order valence-corrected chi connectivity index (χ3v) is 2.93. The van der Waals surface area contributed by atoms with Crippen molar-refractivity contribution in [2.75, 3.05) is 11.6 Å². The van der Waals surface area contributed by atoms with E-state index in [-0.39, 0.29) is 5.91 Å². The standard InChI is InChI=1S/C14H18N4OS/c1-10(2)8-13(19)17-11-6-4-5-7-12(11)18-14(20-3)16-9-15/h4-7,10H,8H2,1-3H3,(H,16,18)(H,17,19). The first-order chi connectivity index (χ1) is 9.56. The van der Waals surface area contributed by atoms with Gasteiger partial charge in [0.15, 0.2) is 11.4 Å². The minimum atomic E-state index is -0.0402. The van der Waals surface area contributed by atoms with Crippen molar-refractivity contribution in [1.29, 1.82) is 5.26 Å². The first-order valence-corrected chi connectivity index (χ1v) is 7.46. The molecule has 2 N–H and O–H groups in total. The van der Waals surface area contributed by atoms with Gasteiger partial charge in [0.2, 0.25) is 5.91 Å². The first-order valence-electron chi connectivity index (χ1n) is 6.23. The number of hydrogen-bond donors (Lipinski definition) is 2. The highest BCUT2D eigenvalue weighted by Crippen LogP contribution is 2.25. The molecule has 0 aromatic heterocycles. The number of nitriles is 1. The highest BCUT2D eigenvalue weighted by molar-refractivity contribution is 8.13. The van der Waals surface area contributed by atoms with E-state index in [1.165, 1.54) is 11.8 Å². The Hall–Kier alpha value is -2.00. The Morgan fingerprint density at radius 3 is 2.75 bits per heavy atom. The van der Waals surface area contributed by atoms with Crippen molar-refractivity contribution in [2.24, 2.45) is 10.9 Å². The molecule has 0 aliphatic rings. The first kappa shape index (κ1) is 16.1. The van der Waals surface area contributed by atoms with Gasteiger partial charge >= 0.3 is 0 Å². The van der Waals surface area contributed by atoms with Crippen LogP contribution < -0.4 is 10.6 Å². The summed E-state index contributed by atoms with van der Waals surface area (Å²) in [6, 6.07) is 7.25. The molecule has 1 rings (SSSR count). The van der Waals surface area contributed by atoms with E-state index in [1.807, 2.05) is 38.4 Å². The van der Waals surface area contributed by atoms with E-state index in [4.69, 9.17) is 5.26 Å². The number of amidine groups is 1. The second-order valence-corrected chi connectivity index (χ2v) is 5.32. The van der Waals surface area contributed by atoms with Gasteiger partial charge in [-0.15, -0.1) is 0 Å². The Kier molecular flexibility index (Phi) is 6.60. The molecule has 0 fully saturated rings. The number of rotatable bonds is 4. The molecule has 1 aromatic carbocycles. The molecule has 0 unspecified atom stereocenters. The number of nitrogens with one attached hydrogen (secondary N) is 2. The molecular weight excluding hydrogens is 272 g/mol. The zero-order valence-electron chi connectivity index (χ0n) is 11.8. The number of carbonyl (C=O) groups excluding carboxylic acids is 1. The van der Waals surface area contributed by atoms with Gasteiger partial charge < -0.3 is 5.32 Å². The summed E-state index contributed by atoms with van der Waals surface area (Å²) in [5, 5.41) is 14.5. The fourth-order valence-electron chi connectivity index (χ4n) is 1.53. The molecule has 20 heavy (non-hydrogen) atoms. The predicted molar refractivity (Wildman–Crippen MR) is 83.9 cm³/mol. The van der Waals surface area contributed by atoms with Gasteiger partial charge in [0.05, 0.1) is 11.4 Å². The second-order valence-electron chi connectivity index (χ2n) is 4.52. The Balaban J connectivity index is 2.93. The van der Waals surface area contributed by atoms with Crippen LogP contribution in [0.15, 0.2) is 29.3 Å². The molecule has 0 radical (unpaired) electrons. The van der Waals surface area contributed by atoms with Gasteiger partial charge in [-0.3, -0.25) is 10.1 Å². The topological polar surface area (TPSA) is 77.3 Å². The third kappa shape index (κ3) is 5.33. The molecule has 0 aliphatic carbocycles. The zero-order valence-corrected chi connectivity index (χ0v) is 12.6. The van der Waals surface area contributed by atoms with Crippen molar-refractivity contribution >= 4 is 34.2 Å². The van der Waals surface area contributed by atoms with Crippen molar-refractivity contribution in [3.05, 3.63) is 24.3 Å². The number of para-hydroxylation sites is 2. The van der Waals surface area contributed by atoms with Gasteiger partial charge in [-0.1, -0.05) is 37.7 Å². The third-order valence-electron chi connectivity index (χ3n) is 2.35. The van der Waals surface area contributed by atoms with Crippen molar-refractivity contribution < 1.29 is 4.79 Å². The number of thioether (sulfide) groups is 1. The molecule has 0 saturated carbocycles. The number of nitrogens with zero attached hydrogens (tertiary/aromatic N) is 2. The summed E-state index contributed by atoms with van der Waals surface area (Å²) < 4.78 is 0. The van der Waals surface area contributed by atoms with Crippen LogP contribution in [0.3, 0.4) is 0 Å². The van der Waals surface area contributed by atoms with Crippen LogP contribution in [-0.2, 0) is 4.79 Å². The molecule has 1 aromatic rings. The molecule has 106 valence electrons. The van der Waals surface area contributed by atoms with Gasteiger partial charge in [0.1, 0.15) is 0 Å². The second kappa shape index (κ2) is 8.23.